The molecule has 3 nitrogen and oxygen atoms in total. The van der Waals surface area contributed by atoms with Crippen LogP contribution in [0.4, 0.5) is 9.18 Å². The molecule has 0 heterocycles. The lowest BCUT2D eigenvalue weighted by molar-refractivity contribution is 0.197. The van der Waals surface area contributed by atoms with E-state index in [-0.39, 0.29) is 11.9 Å². The van der Waals surface area contributed by atoms with E-state index in [4.69, 9.17) is 4.74 Å². The Bertz CT molecular complexity index is 540. The third-order valence-corrected chi connectivity index (χ3v) is 2.66. The quantitative estimate of drug-likeness (QED) is 0.913. The molecule has 1 unspecified atom stereocenters. The molecule has 2 rings (SSSR count). The molecule has 0 saturated heterocycles. The molecule has 0 spiro atoms. The van der Waals surface area contributed by atoms with E-state index in [0.29, 0.717) is 5.75 Å². The number of halogens is 1. The van der Waals surface area contributed by atoms with Crippen LogP contribution in [0.5, 0.6) is 5.75 Å². The van der Waals surface area contributed by atoms with Crippen molar-refractivity contribution in [1.29, 1.82) is 0 Å². The maximum Gasteiger partial charge on any atom is 0.413 e. The molecule has 4 heteroatoms. The number of amides is 1. The van der Waals surface area contributed by atoms with Gasteiger partial charge in [0.15, 0.2) is 0 Å². The summed E-state index contributed by atoms with van der Waals surface area (Å²) in [6.45, 7) is 1.86. The zero-order valence-corrected chi connectivity index (χ0v) is 10.5. The first-order valence-corrected chi connectivity index (χ1v) is 5.94. The number of hydrogen-bond donors (Lipinski definition) is 1. The van der Waals surface area contributed by atoms with E-state index in [9.17, 15) is 9.18 Å². The van der Waals surface area contributed by atoms with Gasteiger partial charge < -0.3 is 10.1 Å². The van der Waals surface area contributed by atoms with Crippen LogP contribution in [0.1, 0.15) is 18.5 Å². The topological polar surface area (TPSA) is 38.3 Å². The average Bonchev–Trinajstić information content (AvgIpc) is 2.42. The second-order valence-electron chi connectivity index (χ2n) is 4.12. The van der Waals surface area contributed by atoms with Gasteiger partial charge in [0.25, 0.3) is 0 Å². The fourth-order valence-corrected chi connectivity index (χ4v) is 1.64. The van der Waals surface area contributed by atoms with E-state index < -0.39 is 6.09 Å². The van der Waals surface area contributed by atoms with E-state index in [2.05, 4.69) is 5.32 Å². The van der Waals surface area contributed by atoms with Crippen molar-refractivity contribution in [3.05, 3.63) is 66.0 Å². The van der Waals surface area contributed by atoms with E-state index >= 15 is 0 Å². The summed E-state index contributed by atoms with van der Waals surface area (Å²) in [6.07, 6.45) is -0.567. The molecule has 0 saturated carbocycles. The lowest BCUT2D eigenvalue weighted by Gasteiger charge is -2.14. The zero-order chi connectivity index (χ0) is 13.7. The molecule has 0 bridgehead atoms. The summed E-state index contributed by atoms with van der Waals surface area (Å²) in [5.41, 5.74) is 0.985. The normalized spacial score (nSPS) is 11.7. The van der Waals surface area contributed by atoms with E-state index in [0.717, 1.165) is 5.56 Å². The molecule has 0 aromatic heterocycles. The highest BCUT2D eigenvalue weighted by Gasteiger charge is 2.10. The van der Waals surface area contributed by atoms with Crippen molar-refractivity contribution in [2.75, 3.05) is 0 Å². The lowest BCUT2D eigenvalue weighted by Crippen LogP contribution is -2.29. The first-order chi connectivity index (χ1) is 9.15. The van der Waals surface area contributed by atoms with Crippen molar-refractivity contribution in [1.82, 2.24) is 5.32 Å². The van der Waals surface area contributed by atoms with Crippen LogP contribution in [0, 0.1) is 5.82 Å². The largest absolute Gasteiger partial charge is 0.413 e. The summed E-state index contributed by atoms with van der Waals surface area (Å²) in [5, 5.41) is 2.70. The molecule has 0 aliphatic heterocycles. The number of benzene rings is 2. The Morgan fingerprint density at radius 3 is 2.37 bits per heavy atom. The Labute approximate surface area is 111 Å². The highest BCUT2D eigenvalue weighted by atomic mass is 19.1. The maximum atomic E-state index is 12.7. The van der Waals surface area contributed by atoms with Gasteiger partial charge in [-0.25, -0.2) is 9.18 Å². The monoisotopic (exact) mass is 259 g/mol. The Morgan fingerprint density at radius 1 is 1.11 bits per heavy atom. The predicted molar refractivity (Wildman–Crippen MR) is 70.4 cm³/mol. The predicted octanol–water partition coefficient (Wildman–Crippen LogP) is 3.68. The number of rotatable bonds is 3. The van der Waals surface area contributed by atoms with Crippen molar-refractivity contribution >= 4 is 6.09 Å². The van der Waals surface area contributed by atoms with Gasteiger partial charge in [-0.15, -0.1) is 0 Å². The van der Waals surface area contributed by atoms with Crippen molar-refractivity contribution in [2.45, 2.75) is 13.0 Å². The second-order valence-corrected chi connectivity index (χ2v) is 4.12. The molecule has 0 fully saturated rings. The first kappa shape index (κ1) is 13.1. The van der Waals surface area contributed by atoms with Crippen molar-refractivity contribution in [3.63, 3.8) is 0 Å². The van der Waals surface area contributed by atoms with Crippen LogP contribution in [0.25, 0.3) is 0 Å². The number of carbonyl (C=O) groups excluding carboxylic acids is 1. The van der Waals surface area contributed by atoms with Crippen molar-refractivity contribution in [3.8, 4) is 5.75 Å². The van der Waals surface area contributed by atoms with Gasteiger partial charge in [0.05, 0.1) is 6.04 Å². The standard InChI is InChI=1S/C15H14FNO2/c1-11(12-5-3-2-4-6-12)17-15(18)19-14-9-7-13(16)8-10-14/h2-11H,1H3,(H,17,18). The Kier molecular flexibility index (Phi) is 4.13. The smallest absolute Gasteiger partial charge is 0.410 e. The minimum atomic E-state index is -0.567. The van der Waals surface area contributed by atoms with Crippen molar-refractivity contribution in [2.24, 2.45) is 0 Å². The third kappa shape index (κ3) is 3.81. The molecule has 0 aliphatic rings. The van der Waals surface area contributed by atoms with Crippen molar-refractivity contribution < 1.29 is 13.9 Å². The van der Waals surface area contributed by atoms with Crippen LogP contribution in [0.2, 0.25) is 0 Å². The number of ether oxygens (including phenoxy) is 1. The van der Waals surface area contributed by atoms with Crippen LogP contribution < -0.4 is 10.1 Å². The molecule has 1 N–H and O–H groups in total. The van der Waals surface area contributed by atoms with Crippen LogP contribution in [0.15, 0.2) is 54.6 Å². The Morgan fingerprint density at radius 2 is 1.74 bits per heavy atom. The Balaban J connectivity index is 1.93. The molecule has 0 radical (unpaired) electrons. The summed E-state index contributed by atoms with van der Waals surface area (Å²) in [5.74, 6) is -0.0652. The van der Waals surface area contributed by atoms with E-state index in [1.807, 2.05) is 37.3 Å². The minimum Gasteiger partial charge on any atom is -0.410 e. The van der Waals surface area contributed by atoms with Gasteiger partial charge in [-0.3, -0.25) is 0 Å². The van der Waals surface area contributed by atoms with Crippen LogP contribution in [-0.4, -0.2) is 6.09 Å². The van der Waals surface area contributed by atoms with Gasteiger partial charge in [0.1, 0.15) is 11.6 Å². The molecular weight excluding hydrogens is 245 g/mol. The zero-order valence-electron chi connectivity index (χ0n) is 10.5. The minimum absolute atomic E-state index is 0.158. The molecule has 2 aromatic carbocycles. The van der Waals surface area contributed by atoms with Crippen LogP contribution in [-0.2, 0) is 0 Å². The SMILES string of the molecule is CC(NC(=O)Oc1ccc(F)cc1)c1ccccc1. The summed E-state index contributed by atoms with van der Waals surface area (Å²) in [7, 11) is 0. The van der Waals surface area contributed by atoms with Gasteiger partial charge in [-0.2, -0.15) is 0 Å². The Hall–Kier alpha value is -2.36. The first-order valence-electron chi connectivity index (χ1n) is 5.94. The number of nitrogens with one attached hydrogen (secondary N) is 1. The number of carbonyl (C=O) groups is 1. The van der Waals surface area contributed by atoms with Gasteiger partial charge in [-0.1, -0.05) is 30.3 Å². The summed E-state index contributed by atoms with van der Waals surface area (Å²) in [4.78, 5) is 11.7. The number of hydrogen-bond acceptors (Lipinski definition) is 2. The highest BCUT2D eigenvalue weighted by molar-refractivity contribution is 5.70. The second kappa shape index (κ2) is 6.00. The fraction of sp³-hybridized carbons (Fsp3) is 0.133. The summed E-state index contributed by atoms with van der Waals surface area (Å²) < 4.78 is 17.7. The third-order valence-electron chi connectivity index (χ3n) is 2.66. The molecule has 19 heavy (non-hydrogen) atoms. The van der Waals surface area contributed by atoms with Gasteiger partial charge in [-0.05, 0) is 36.8 Å². The van der Waals surface area contributed by atoms with Gasteiger partial charge in [0.2, 0.25) is 0 Å². The molecule has 2 aromatic rings. The molecular formula is C15H14FNO2. The fourth-order valence-electron chi connectivity index (χ4n) is 1.64. The average molecular weight is 259 g/mol. The van der Waals surface area contributed by atoms with Gasteiger partial charge >= 0.3 is 6.09 Å². The van der Waals surface area contributed by atoms with Crippen LogP contribution >= 0.6 is 0 Å². The van der Waals surface area contributed by atoms with Crippen LogP contribution in [0.3, 0.4) is 0 Å². The maximum absolute atomic E-state index is 12.7. The van der Waals surface area contributed by atoms with Gasteiger partial charge in [0, 0.05) is 0 Å². The summed E-state index contributed by atoms with van der Waals surface area (Å²) in [6, 6.07) is 14.7. The molecule has 1 amide bonds. The van der Waals surface area contributed by atoms with E-state index in [1.54, 1.807) is 0 Å². The highest BCUT2D eigenvalue weighted by Crippen LogP contribution is 2.14. The molecule has 98 valence electrons. The molecule has 0 aliphatic carbocycles. The summed E-state index contributed by atoms with van der Waals surface area (Å²) >= 11 is 0. The van der Waals surface area contributed by atoms with E-state index in [1.165, 1.54) is 24.3 Å². The molecule has 1 atom stereocenters. The lowest BCUT2D eigenvalue weighted by atomic mass is 10.1.